The summed E-state index contributed by atoms with van der Waals surface area (Å²) in [6.45, 7) is 1.84. The minimum atomic E-state index is -0.203. The van der Waals surface area contributed by atoms with E-state index in [1.165, 1.54) is 5.39 Å². The molecule has 3 aromatic carbocycles. The van der Waals surface area contributed by atoms with Gasteiger partial charge in [-0.1, -0.05) is 71.9 Å². The Hall–Kier alpha value is -3.14. The van der Waals surface area contributed by atoms with E-state index in [-0.39, 0.29) is 18.6 Å². The minimum absolute atomic E-state index is 0.0983. The van der Waals surface area contributed by atoms with Gasteiger partial charge in [0.05, 0.1) is 12.3 Å². The van der Waals surface area contributed by atoms with Gasteiger partial charge in [0, 0.05) is 0 Å². The van der Waals surface area contributed by atoms with Gasteiger partial charge in [0.2, 0.25) is 0 Å². The van der Waals surface area contributed by atoms with Crippen LogP contribution in [0.15, 0.2) is 78.0 Å². The first-order valence-corrected chi connectivity index (χ1v) is 8.21. The van der Waals surface area contributed by atoms with E-state index in [1.54, 1.807) is 6.21 Å². The normalized spacial score (nSPS) is 12.2. The molecule has 4 nitrogen and oxygen atoms in total. The summed E-state index contributed by atoms with van der Waals surface area (Å²) in [6.07, 6.45) is 1.58. The van der Waals surface area contributed by atoms with E-state index in [9.17, 15) is 4.79 Å². The zero-order chi connectivity index (χ0) is 17.5. The largest absolute Gasteiger partial charge is 0.386 e. The van der Waals surface area contributed by atoms with Crippen molar-refractivity contribution in [1.82, 2.24) is 5.32 Å². The quantitative estimate of drug-likeness (QED) is 0.546. The SMILES string of the molecule is C[C@@H](NC(=O)CO/N=C\c1ccccc1)c1ccc2ccccc2c1. The van der Waals surface area contributed by atoms with Crippen molar-refractivity contribution in [3.63, 3.8) is 0 Å². The molecule has 0 saturated heterocycles. The van der Waals surface area contributed by atoms with Gasteiger partial charge in [-0.15, -0.1) is 0 Å². The third kappa shape index (κ3) is 4.67. The van der Waals surface area contributed by atoms with Gasteiger partial charge in [-0.2, -0.15) is 0 Å². The van der Waals surface area contributed by atoms with Crippen molar-refractivity contribution in [2.75, 3.05) is 6.61 Å². The van der Waals surface area contributed by atoms with E-state index in [1.807, 2.05) is 55.5 Å². The van der Waals surface area contributed by atoms with Crippen LogP contribution in [-0.4, -0.2) is 18.7 Å². The predicted molar refractivity (Wildman–Crippen MR) is 100 cm³/mol. The van der Waals surface area contributed by atoms with Gasteiger partial charge in [0.1, 0.15) is 0 Å². The van der Waals surface area contributed by atoms with Crippen LogP contribution in [0, 0.1) is 0 Å². The molecule has 0 bridgehead atoms. The molecule has 0 spiro atoms. The molecule has 1 N–H and O–H groups in total. The van der Waals surface area contributed by atoms with Gasteiger partial charge >= 0.3 is 0 Å². The summed E-state index contributed by atoms with van der Waals surface area (Å²) in [5, 5.41) is 9.08. The molecular weight excluding hydrogens is 312 g/mol. The fourth-order valence-corrected chi connectivity index (χ4v) is 2.58. The lowest BCUT2D eigenvalue weighted by atomic mass is 10.0. The maximum Gasteiger partial charge on any atom is 0.261 e. The average Bonchev–Trinajstić information content (AvgIpc) is 2.65. The van der Waals surface area contributed by atoms with Gasteiger partial charge in [0.15, 0.2) is 6.61 Å². The molecule has 0 aliphatic carbocycles. The molecular formula is C21H20N2O2. The van der Waals surface area contributed by atoms with Crippen molar-refractivity contribution in [2.45, 2.75) is 13.0 Å². The first kappa shape index (κ1) is 16.7. The zero-order valence-electron chi connectivity index (χ0n) is 14.1. The highest BCUT2D eigenvalue weighted by Gasteiger charge is 2.10. The Kier molecular flexibility index (Phi) is 5.42. The minimum Gasteiger partial charge on any atom is -0.386 e. The number of hydrogen-bond acceptors (Lipinski definition) is 3. The zero-order valence-corrected chi connectivity index (χ0v) is 14.1. The highest BCUT2D eigenvalue weighted by atomic mass is 16.6. The maximum atomic E-state index is 12.0. The van der Waals surface area contributed by atoms with Crippen LogP contribution in [0.1, 0.15) is 24.1 Å². The fourth-order valence-electron chi connectivity index (χ4n) is 2.58. The van der Waals surface area contributed by atoms with E-state index in [4.69, 9.17) is 4.84 Å². The van der Waals surface area contributed by atoms with Gasteiger partial charge in [0.25, 0.3) is 5.91 Å². The van der Waals surface area contributed by atoms with Crippen LogP contribution in [0.4, 0.5) is 0 Å². The van der Waals surface area contributed by atoms with Crippen molar-refractivity contribution in [3.05, 3.63) is 83.9 Å². The van der Waals surface area contributed by atoms with E-state index in [0.29, 0.717) is 0 Å². The monoisotopic (exact) mass is 332 g/mol. The Morgan fingerprint density at radius 3 is 2.56 bits per heavy atom. The number of amides is 1. The van der Waals surface area contributed by atoms with E-state index in [0.717, 1.165) is 16.5 Å². The molecule has 0 aliphatic heterocycles. The number of hydrogen-bond donors (Lipinski definition) is 1. The maximum absolute atomic E-state index is 12.0. The highest BCUT2D eigenvalue weighted by molar-refractivity contribution is 5.83. The van der Waals surface area contributed by atoms with E-state index < -0.39 is 0 Å². The summed E-state index contributed by atoms with van der Waals surface area (Å²) >= 11 is 0. The topological polar surface area (TPSA) is 50.7 Å². The average molecular weight is 332 g/mol. The summed E-state index contributed by atoms with van der Waals surface area (Å²) in [5.41, 5.74) is 1.98. The second-order valence-corrected chi connectivity index (χ2v) is 5.81. The van der Waals surface area contributed by atoms with Gasteiger partial charge in [-0.3, -0.25) is 4.79 Å². The number of fused-ring (bicyclic) bond motifs is 1. The Balaban J connectivity index is 1.52. The second-order valence-electron chi connectivity index (χ2n) is 5.81. The Labute approximate surface area is 147 Å². The first-order chi connectivity index (χ1) is 12.2. The lowest BCUT2D eigenvalue weighted by Crippen LogP contribution is -2.29. The molecule has 0 aromatic heterocycles. The van der Waals surface area contributed by atoms with Crippen molar-refractivity contribution in [3.8, 4) is 0 Å². The number of benzene rings is 3. The highest BCUT2D eigenvalue weighted by Crippen LogP contribution is 2.20. The molecule has 0 fully saturated rings. The summed E-state index contributed by atoms with van der Waals surface area (Å²) < 4.78 is 0. The molecule has 0 radical (unpaired) electrons. The predicted octanol–water partition coefficient (Wildman–Crippen LogP) is 4.07. The molecule has 0 unspecified atom stereocenters. The van der Waals surface area contributed by atoms with E-state index >= 15 is 0 Å². The third-order valence-corrected chi connectivity index (χ3v) is 3.92. The van der Waals surface area contributed by atoms with Crippen LogP contribution in [-0.2, 0) is 9.63 Å². The molecule has 0 aliphatic rings. The molecule has 126 valence electrons. The van der Waals surface area contributed by atoms with E-state index in [2.05, 4.69) is 34.7 Å². The Morgan fingerprint density at radius 1 is 1.04 bits per heavy atom. The van der Waals surface area contributed by atoms with Crippen LogP contribution >= 0.6 is 0 Å². The number of carbonyl (C=O) groups is 1. The van der Waals surface area contributed by atoms with Crippen LogP contribution < -0.4 is 5.32 Å². The molecule has 4 heteroatoms. The number of nitrogens with zero attached hydrogens (tertiary/aromatic N) is 1. The summed E-state index contributed by atoms with van der Waals surface area (Å²) in [7, 11) is 0. The molecule has 25 heavy (non-hydrogen) atoms. The number of rotatable bonds is 6. The summed E-state index contributed by atoms with van der Waals surface area (Å²) in [5.74, 6) is -0.203. The Bertz CT molecular complexity index is 875. The van der Waals surface area contributed by atoms with Crippen molar-refractivity contribution < 1.29 is 9.63 Å². The van der Waals surface area contributed by atoms with Crippen molar-refractivity contribution >= 4 is 22.9 Å². The fraction of sp³-hybridized carbons (Fsp3) is 0.143. The van der Waals surface area contributed by atoms with Gasteiger partial charge in [-0.05, 0) is 34.9 Å². The first-order valence-electron chi connectivity index (χ1n) is 8.21. The van der Waals surface area contributed by atoms with Gasteiger partial charge < -0.3 is 10.2 Å². The van der Waals surface area contributed by atoms with Crippen LogP contribution in [0.2, 0.25) is 0 Å². The molecule has 3 rings (SSSR count). The smallest absolute Gasteiger partial charge is 0.261 e. The number of carbonyl (C=O) groups excluding carboxylic acids is 1. The van der Waals surface area contributed by atoms with Crippen molar-refractivity contribution in [2.24, 2.45) is 5.16 Å². The molecule has 0 saturated carbocycles. The lowest BCUT2D eigenvalue weighted by Gasteiger charge is -2.14. The van der Waals surface area contributed by atoms with Gasteiger partial charge in [-0.25, -0.2) is 0 Å². The number of oxime groups is 1. The Morgan fingerprint density at radius 2 is 1.76 bits per heavy atom. The molecule has 1 amide bonds. The third-order valence-electron chi connectivity index (χ3n) is 3.92. The standard InChI is InChI=1S/C21H20N2O2/c1-16(19-12-11-18-9-5-6-10-20(18)13-19)23-21(24)15-25-22-14-17-7-3-2-4-8-17/h2-14,16H,15H2,1H3,(H,23,24)/b22-14-/t16-/m1/s1. The lowest BCUT2D eigenvalue weighted by molar-refractivity contribution is -0.126. The second kappa shape index (κ2) is 8.11. The summed E-state index contributed by atoms with van der Waals surface area (Å²) in [4.78, 5) is 17.1. The molecule has 3 aromatic rings. The number of nitrogens with one attached hydrogen (secondary N) is 1. The summed E-state index contributed by atoms with van der Waals surface area (Å²) in [6, 6.07) is 23.8. The van der Waals surface area contributed by atoms with Crippen LogP contribution in [0.3, 0.4) is 0 Å². The molecule has 0 heterocycles. The van der Waals surface area contributed by atoms with Crippen molar-refractivity contribution in [1.29, 1.82) is 0 Å². The molecule has 1 atom stereocenters. The van der Waals surface area contributed by atoms with Crippen LogP contribution in [0.5, 0.6) is 0 Å². The van der Waals surface area contributed by atoms with Crippen LogP contribution in [0.25, 0.3) is 10.8 Å².